The summed E-state index contributed by atoms with van der Waals surface area (Å²) in [5.74, 6) is 0.501. The molecule has 2 N–H and O–H groups in total. The van der Waals surface area contributed by atoms with Crippen LogP contribution < -0.4 is 10.5 Å². The smallest absolute Gasteiger partial charge is 0.193 e. The van der Waals surface area contributed by atoms with E-state index in [-0.39, 0.29) is 5.78 Å². The summed E-state index contributed by atoms with van der Waals surface area (Å²) in [5, 5.41) is 0. The van der Waals surface area contributed by atoms with Crippen molar-refractivity contribution in [1.82, 2.24) is 0 Å². The predicted molar refractivity (Wildman–Crippen MR) is 72.0 cm³/mol. The van der Waals surface area contributed by atoms with Crippen molar-refractivity contribution in [3.63, 3.8) is 0 Å². The highest BCUT2D eigenvalue weighted by Crippen LogP contribution is 2.24. The standard InChI is InChI=1S/C15H15NO2/c1-10-5-3-4-6-12(10)15(17)11-7-8-13(16)14(9-11)18-2/h3-9H,16H2,1-2H3. The third-order valence-corrected chi connectivity index (χ3v) is 2.89. The van der Waals surface area contributed by atoms with E-state index in [0.29, 0.717) is 22.6 Å². The van der Waals surface area contributed by atoms with Crippen molar-refractivity contribution in [2.24, 2.45) is 0 Å². The molecule has 0 aliphatic heterocycles. The fraction of sp³-hybridized carbons (Fsp3) is 0.133. The van der Waals surface area contributed by atoms with Crippen molar-refractivity contribution in [3.8, 4) is 5.75 Å². The number of hydrogen-bond donors (Lipinski definition) is 1. The van der Waals surface area contributed by atoms with E-state index in [1.807, 2.05) is 31.2 Å². The summed E-state index contributed by atoms with van der Waals surface area (Å²) in [7, 11) is 1.54. The monoisotopic (exact) mass is 241 g/mol. The molecule has 18 heavy (non-hydrogen) atoms. The van der Waals surface area contributed by atoms with Crippen molar-refractivity contribution in [2.45, 2.75) is 6.92 Å². The summed E-state index contributed by atoms with van der Waals surface area (Å²) in [6.45, 7) is 1.92. The van der Waals surface area contributed by atoms with Crippen LogP contribution in [0.25, 0.3) is 0 Å². The first-order valence-electron chi connectivity index (χ1n) is 5.67. The number of carbonyl (C=O) groups is 1. The molecule has 0 unspecified atom stereocenters. The van der Waals surface area contributed by atoms with Gasteiger partial charge in [-0.05, 0) is 30.7 Å². The number of benzene rings is 2. The van der Waals surface area contributed by atoms with Gasteiger partial charge in [0.2, 0.25) is 0 Å². The SMILES string of the molecule is COc1cc(C(=O)c2ccccc2C)ccc1N. The average Bonchev–Trinajstić information content (AvgIpc) is 2.39. The molecule has 2 aromatic carbocycles. The molecule has 0 aliphatic rings. The third-order valence-electron chi connectivity index (χ3n) is 2.89. The molecule has 0 spiro atoms. The molecule has 0 fully saturated rings. The molecule has 3 nitrogen and oxygen atoms in total. The number of rotatable bonds is 3. The zero-order valence-corrected chi connectivity index (χ0v) is 10.4. The van der Waals surface area contributed by atoms with Gasteiger partial charge < -0.3 is 10.5 Å². The van der Waals surface area contributed by atoms with Crippen molar-refractivity contribution >= 4 is 11.5 Å². The summed E-state index contributed by atoms with van der Waals surface area (Å²) in [5.41, 5.74) is 8.49. The van der Waals surface area contributed by atoms with Crippen LogP contribution in [0.3, 0.4) is 0 Å². The summed E-state index contributed by atoms with van der Waals surface area (Å²) in [4.78, 5) is 12.4. The molecular weight excluding hydrogens is 226 g/mol. The molecule has 0 heterocycles. The van der Waals surface area contributed by atoms with Crippen LogP contribution in [0.2, 0.25) is 0 Å². The second kappa shape index (κ2) is 4.92. The first kappa shape index (κ1) is 12.2. The number of ether oxygens (including phenoxy) is 1. The van der Waals surface area contributed by atoms with Gasteiger partial charge in [0.25, 0.3) is 0 Å². The van der Waals surface area contributed by atoms with Gasteiger partial charge >= 0.3 is 0 Å². The van der Waals surface area contributed by atoms with Crippen LogP contribution in [0.1, 0.15) is 21.5 Å². The number of aryl methyl sites for hydroxylation is 1. The number of nitrogens with two attached hydrogens (primary N) is 1. The minimum atomic E-state index is -0.0219. The summed E-state index contributed by atoms with van der Waals surface area (Å²) < 4.78 is 5.12. The Balaban J connectivity index is 2.44. The Morgan fingerprint density at radius 3 is 2.56 bits per heavy atom. The largest absolute Gasteiger partial charge is 0.495 e. The lowest BCUT2D eigenvalue weighted by atomic mass is 9.99. The van der Waals surface area contributed by atoms with E-state index < -0.39 is 0 Å². The molecule has 3 heteroatoms. The van der Waals surface area contributed by atoms with Gasteiger partial charge in [-0.25, -0.2) is 0 Å². The summed E-state index contributed by atoms with van der Waals surface area (Å²) >= 11 is 0. The lowest BCUT2D eigenvalue weighted by Crippen LogP contribution is -2.04. The van der Waals surface area contributed by atoms with Crippen LogP contribution in [-0.4, -0.2) is 12.9 Å². The second-order valence-corrected chi connectivity index (χ2v) is 4.10. The van der Waals surface area contributed by atoms with Crippen LogP contribution in [0.5, 0.6) is 5.75 Å². The Morgan fingerprint density at radius 1 is 1.17 bits per heavy atom. The van der Waals surface area contributed by atoms with Gasteiger partial charge in [0.1, 0.15) is 5.75 Å². The van der Waals surface area contributed by atoms with Crippen molar-refractivity contribution < 1.29 is 9.53 Å². The van der Waals surface area contributed by atoms with E-state index in [1.54, 1.807) is 18.2 Å². The van der Waals surface area contributed by atoms with Crippen LogP contribution in [0, 0.1) is 6.92 Å². The third kappa shape index (κ3) is 2.20. The zero-order valence-electron chi connectivity index (χ0n) is 10.4. The normalized spacial score (nSPS) is 10.1. The van der Waals surface area contributed by atoms with E-state index in [9.17, 15) is 4.79 Å². The predicted octanol–water partition coefficient (Wildman–Crippen LogP) is 2.82. The van der Waals surface area contributed by atoms with Crippen LogP contribution in [0.15, 0.2) is 42.5 Å². The first-order valence-corrected chi connectivity index (χ1v) is 5.67. The highest BCUT2D eigenvalue weighted by Gasteiger charge is 2.12. The molecule has 0 bridgehead atoms. The van der Waals surface area contributed by atoms with E-state index in [2.05, 4.69) is 0 Å². The van der Waals surface area contributed by atoms with E-state index in [4.69, 9.17) is 10.5 Å². The van der Waals surface area contributed by atoms with Crippen molar-refractivity contribution in [2.75, 3.05) is 12.8 Å². The average molecular weight is 241 g/mol. The topological polar surface area (TPSA) is 52.3 Å². The molecule has 0 saturated heterocycles. The number of methoxy groups -OCH3 is 1. The molecule has 0 saturated carbocycles. The molecule has 2 aromatic rings. The van der Waals surface area contributed by atoms with Crippen LogP contribution >= 0.6 is 0 Å². The minimum absolute atomic E-state index is 0.0219. The molecule has 0 atom stereocenters. The number of hydrogen-bond acceptors (Lipinski definition) is 3. The Bertz CT molecular complexity index is 591. The second-order valence-electron chi connectivity index (χ2n) is 4.10. The van der Waals surface area contributed by atoms with E-state index in [1.165, 1.54) is 7.11 Å². The van der Waals surface area contributed by atoms with Gasteiger partial charge in [-0.1, -0.05) is 24.3 Å². The number of ketones is 1. The fourth-order valence-electron chi connectivity index (χ4n) is 1.84. The molecule has 0 aromatic heterocycles. The zero-order chi connectivity index (χ0) is 13.1. The lowest BCUT2D eigenvalue weighted by molar-refractivity contribution is 0.103. The summed E-state index contributed by atoms with van der Waals surface area (Å²) in [6, 6.07) is 12.6. The molecule has 92 valence electrons. The van der Waals surface area contributed by atoms with E-state index in [0.717, 1.165) is 5.56 Å². The molecule has 0 amide bonds. The van der Waals surface area contributed by atoms with Crippen LogP contribution in [0.4, 0.5) is 5.69 Å². The Morgan fingerprint density at radius 2 is 1.89 bits per heavy atom. The van der Waals surface area contributed by atoms with Gasteiger partial charge in [0.05, 0.1) is 12.8 Å². The van der Waals surface area contributed by atoms with Gasteiger partial charge in [-0.15, -0.1) is 0 Å². The van der Waals surface area contributed by atoms with Crippen LogP contribution in [-0.2, 0) is 0 Å². The highest BCUT2D eigenvalue weighted by atomic mass is 16.5. The van der Waals surface area contributed by atoms with Gasteiger partial charge in [-0.2, -0.15) is 0 Å². The lowest BCUT2D eigenvalue weighted by Gasteiger charge is -2.08. The van der Waals surface area contributed by atoms with Crippen molar-refractivity contribution in [3.05, 3.63) is 59.2 Å². The molecule has 0 radical (unpaired) electrons. The first-order chi connectivity index (χ1) is 8.63. The molecular formula is C15H15NO2. The van der Waals surface area contributed by atoms with Crippen molar-refractivity contribution in [1.29, 1.82) is 0 Å². The Labute approximate surface area is 106 Å². The minimum Gasteiger partial charge on any atom is -0.495 e. The molecule has 0 aliphatic carbocycles. The van der Waals surface area contributed by atoms with Gasteiger partial charge in [-0.3, -0.25) is 4.79 Å². The summed E-state index contributed by atoms with van der Waals surface area (Å²) in [6.07, 6.45) is 0. The fourth-order valence-corrected chi connectivity index (χ4v) is 1.84. The number of anilines is 1. The maximum Gasteiger partial charge on any atom is 0.193 e. The maximum absolute atomic E-state index is 12.4. The maximum atomic E-state index is 12.4. The molecule has 2 rings (SSSR count). The number of carbonyl (C=O) groups excluding carboxylic acids is 1. The number of nitrogen functional groups attached to an aromatic ring is 1. The van der Waals surface area contributed by atoms with E-state index >= 15 is 0 Å². The van der Waals surface area contributed by atoms with Gasteiger partial charge in [0, 0.05) is 11.1 Å². The Hall–Kier alpha value is -2.29. The van der Waals surface area contributed by atoms with Gasteiger partial charge in [0.15, 0.2) is 5.78 Å². The quantitative estimate of drug-likeness (QED) is 0.664. The Kier molecular flexibility index (Phi) is 3.33. The highest BCUT2D eigenvalue weighted by molar-refractivity contribution is 6.10.